The Morgan fingerprint density at radius 1 is 1.33 bits per heavy atom. The quantitative estimate of drug-likeness (QED) is 0.713. The fourth-order valence-corrected chi connectivity index (χ4v) is 1.87. The van der Waals surface area contributed by atoms with Gasteiger partial charge in [-0.15, -0.1) is 0 Å². The molecule has 1 aromatic rings. The Hall–Kier alpha value is -1.13. The Kier molecular flexibility index (Phi) is 6.69. The van der Waals surface area contributed by atoms with Crippen LogP contribution < -0.4 is 5.23 Å². The van der Waals surface area contributed by atoms with Gasteiger partial charge in [-0.2, -0.15) is 0 Å². The number of Topliss-reactive ketones (excluding diaryl/α,β-unsaturated/α-hetero) is 1. The van der Waals surface area contributed by atoms with E-state index in [-0.39, 0.29) is 17.7 Å². The second kappa shape index (κ2) is 8.06. The van der Waals surface area contributed by atoms with Gasteiger partial charge in [0.15, 0.2) is 0 Å². The van der Waals surface area contributed by atoms with Crippen LogP contribution in [0.2, 0.25) is 0 Å². The first kappa shape index (κ1) is 14.9. The third-order valence-corrected chi connectivity index (χ3v) is 2.88. The highest BCUT2D eigenvalue weighted by Crippen LogP contribution is 2.09. The number of hydrogen-bond acceptors (Lipinski definition) is 3. The van der Waals surface area contributed by atoms with E-state index in [4.69, 9.17) is 4.65 Å². The lowest BCUT2D eigenvalue weighted by molar-refractivity contribution is -0.121. The Bertz CT molecular complexity index is 354. The molecular weight excluding hydrogens is 225 g/mol. The van der Waals surface area contributed by atoms with Crippen LogP contribution in [-0.4, -0.2) is 26.6 Å². The molecule has 0 aliphatic rings. The van der Waals surface area contributed by atoms with Gasteiger partial charge in [-0.1, -0.05) is 44.2 Å². The summed E-state index contributed by atoms with van der Waals surface area (Å²) < 4.78 is 4.85. The summed E-state index contributed by atoms with van der Waals surface area (Å²) in [5.74, 6) is 0.474. The number of nitrogens with one attached hydrogen (secondary N) is 1. The highest BCUT2D eigenvalue weighted by Gasteiger charge is 2.21. The Balaban J connectivity index is 2.46. The van der Waals surface area contributed by atoms with Gasteiger partial charge in [-0.05, 0) is 17.9 Å². The van der Waals surface area contributed by atoms with Crippen LogP contribution in [0.25, 0.3) is 0 Å². The molecular formula is C14H21BNO2. The van der Waals surface area contributed by atoms with Crippen LogP contribution in [0.5, 0.6) is 0 Å². The van der Waals surface area contributed by atoms with Crippen molar-refractivity contribution in [2.24, 2.45) is 5.92 Å². The van der Waals surface area contributed by atoms with Crippen molar-refractivity contribution in [3.05, 3.63) is 35.9 Å². The summed E-state index contributed by atoms with van der Waals surface area (Å²) in [6.45, 7) is 4.06. The molecule has 1 N–H and O–H groups in total. The summed E-state index contributed by atoms with van der Waals surface area (Å²) >= 11 is 0. The minimum atomic E-state index is -0.173. The van der Waals surface area contributed by atoms with E-state index in [0.29, 0.717) is 6.42 Å². The summed E-state index contributed by atoms with van der Waals surface area (Å²) in [7, 11) is 3.05. The Morgan fingerprint density at radius 3 is 2.56 bits per heavy atom. The molecule has 18 heavy (non-hydrogen) atoms. The summed E-state index contributed by atoms with van der Waals surface area (Å²) in [6, 6.07) is 9.90. The van der Waals surface area contributed by atoms with Gasteiger partial charge < -0.3 is 9.88 Å². The van der Waals surface area contributed by atoms with Crippen LogP contribution in [0.4, 0.5) is 0 Å². The zero-order valence-corrected chi connectivity index (χ0v) is 11.3. The SMILES string of the molecule is CO[B]NC(C(=O)CCc1ccccc1)C(C)C. The van der Waals surface area contributed by atoms with E-state index in [1.807, 2.05) is 44.2 Å². The van der Waals surface area contributed by atoms with E-state index >= 15 is 0 Å². The van der Waals surface area contributed by atoms with Crippen molar-refractivity contribution in [1.82, 2.24) is 5.23 Å². The lowest BCUT2D eigenvalue weighted by Crippen LogP contribution is -2.43. The largest absolute Gasteiger partial charge is 0.427 e. The molecule has 1 radical (unpaired) electrons. The van der Waals surface area contributed by atoms with Gasteiger partial charge in [0.2, 0.25) is 0 Å². The highest BCUT2D eigenvalue weighted by molar-refractivity contribution is 6.24. The molecule has 1 rings (SSSR count). The number of aryl methyl sites for hydroxylation is 1. The van der Waals surface area contributed by atoms with Crippen LogP contribution in [0, 0.1) is 5.92 Å². The van der Waals surface area contributed by atoms with E-state index in [2.05, 4.69) is 5.23 Å². The maximum atomic E-state index is 12.1. The summed E-state index contributed by atoms with van der Waals surface area (Å²) in [6.07, 6.45) is 1.34. The normalized spacial score (nSPS) is 12.4. The molecule has 0 amide bonds. The van der Waals surface area contributed by atoms with Gasteiger partial charge in [0.1, 0.15) is 5.78 Å². The van der Waals surface area contributed by atoms with Crippen LogP contribution in [0.1, 0.15) is 25.8 Å². The standard InChI is InChI=1S/C14H21BNO2/c1-11(2)14(16-15-18-3)13(17)10-9-12-7-5-4-6-8-12/h4-8,11,14,16H,9-10H2,1-3H3. The summed E-state index contributed by atoms with van der Waals surface area (Å²) in [5, 5.41) is 3.01. The van der Waals surface area contributed by atoms with Gasteiger partial charge in [-0.25, -0.2) is 0 Å². The predicted octanol–water partition coefficient (Wildman–Crippen LogP) is 1.98. The molecule has 1 atom stereocenters. The van der Waals surface area contributed by atoms with Crippen LogP contribution in [0.15, 0.2) is 30.3 Å². The van der Waals surface area contributed by atoms with Crippen molar-refractivity contribution in [3.63, 3.8) is 0 Å². The fourth-order valence-electron chi connectivity index (χ4n) is 1.87. The topological polar surface area (TPSA) is 38.3 Å². The summed E-state index contributed by atoms with van der Waals surface area (Å²) in [4.78, 5) is 12.1. The maximum absolute atomic E-state index is 12.1. The smallest absolute Gasteiger partial charge is 0.396 e. The van der Waals surface area contributed by atoms with Crippen molar-refractivity contribution in [2.45, 2.75) is 32.7 Å². The summed E-state index contributed by atoms with van der Waals surface area (Å²) in [5.41, 5.74) is 1.20. The first-order chi connectivity index (χ1) is 8.65. The number of ketones is 1. The molecule has 0 saturated carbocycles. The molecule has 1 unspecified atom stereocenters. The van der Waals surface area contributed by atoms with Crippen molar-refractivity contribution in [3.8, 4) is 0 Å². The number of hydrogen-bond donors (Lipinski definition) is 1. The van der Waals surface area contributed by atoms with Crippen LogP contribution in [-0.2, 0) is 15.9 Å². The average Bonchev–Trinajstić information content (AvgIpc) is 2.37. The van der Waals surface area contributed by atoms with Crippen molar-refractivity contribution >= 4 is 13.4 Å². The van der Waals surface area contributed by atoms with Gasteiger partial charge in [-0.3, -0.25) is 4.79 Å². The van der Waals surface area contributed by atoms with Gasteiger partial charge in [0, 0.05) is 13.5 Å². The lowest BCUT2D eigenvalue weighted by Gasteiger charge is -2.20. The molecule has 97 valence electrons. The number of benzene rings is 1. The second-order valence-corrected chi connectivity index (χ2v) is 4.69. The maximum Gasteiger partial charge on any atom is 0.396 e. The highest BCUT2D eigenvalue weighted by atomic mass is 16.4. The first-order valence-corrected chi connectivity index (χ1v) is 6.32. The van der Waals surface area contributed by atoms with Crippen LogP contribution >= 0.6 is 0 Å². The number of carbonyl (C=O) groups excluding carboxylic acids is 1. The Morgan fingerprint density at radius 2 is 2.00 bits per heavy atom. The van der Waals surface area contributed by atoms with E-state index in [0.717, 1.165) is 6.42 Å². The number of carbonyl (C=O) groups is 1. The predicted molar refractivity (Wildman–Crippen MR) is 74.3 cm³/mol. The van der Waals surface area contributed by atoms with Crippen molar-refractivity contribution < 1.29 is 9.45 Å². The fraction of sp³-hybridized carbons (Fsp3) is 0.500. The molecule has 0 saturated heterocycles. The van der Waals surface area contributed by atoms with Crippen molar-refractivity contribution in [2.75, 3.05) is 7.11 Å². The molecule has 0 fully saturated rings. The van der Waals surface area contributed by atoms with E-state index in [1.54, 1.807) is 7.11 Å². The molecule has 0 heterocycles. The second-order valence-electron chi connectivity index (χ2n) is 4.69. The first-order valence-electron chi connectivity index (χ1n) is 6.32. The third-order valence-electron chi connectivity index (χ3n) is 2.88. The molecule has 0 spiro atoms. The minimum Gasteiger partial charge on any atom is -0.427 e. The average molecular weight is 246 g/mol. The minimum absolute atomic E-state index is 0.173. The molecule has 0 aliphatic carbocycles. The van der Waals surface area contributed by atoms with E-state index < -0.39 is 0 Å². The monoisotopic (exact) mass is 246 g/mol. The Labute approximate surface area is 110 Å². The molecule has 1 aromatic carbocycles. The zero-order chi connectivity index (χ0) is 13.4. The van der Waals surface area contributed by atoms with Gasteiger partial charge in [0.25, 0.3) is 0 Å². The van der Waals surface area contributed by atoms with Crippen molar-refractivity contribution in [1.29, 1.82) is 0 Å². The lowest BCUT2D eigenvalue weighted by atomic mass is 9.93. The molecule has 3 nitrogen and oxygen atoms in total. The third kappa shape index (κ3) is 5.02. The molecule has 0 aliphatic heterocycles. The van der Waals surface area contributed by atoms with Gasteiger partial charge in [0.05, 0.1) is 6.04 Å². The zero-order valence-electron chi connectivity index (χ0n) is 11.3. The number of rotatable bonds is 8. The molecule has 4 heteroatoms. The van der Waals surface area contributed by atoms with Gasteiger partial charge >= 0.3 is 7.62 Å². The van der Waals surface area contributed by atoms with E-state index in [1.165, 1.54) is 13.2 Å². The van der Waals surface area contributed by atoms with Crippen LogP contribution in [0.3, 0.4) is 0 Å². The molecule has 0 bridgehead atoms. The van der Waals surface area contributed by atoms with E-state index in [9.17, 15) is 4.79 Å². The molecule has 0 aromatic heterocycles.